The van der Waals surface area contributed by atoms with Crippen molar-refractivity contribution in [1.82, 2.24) is 0 Å². The van der Waals surface area contributed by atoms with E-state index in [1.165, 1.54) is 0 Å². The lowest BCUT2D eigenvalue weighted by Gasteiger charge is -2.26. The molecule has 2 atom stereocenters. The summed E-state index contributed by atoms with van der Waals surface area (Å²) in [6.07, 6.45) is 4.30. The predicted molar refractivity (Wildman–Crippen MR) is 118 cm³/mol. The van der Waals surface area contributed by atoms with Crippen LogP contribution in [0.1, 0.15) is 33.4 Å². The Hall–Kier alpha value is -4.18. The molecule has 0 saturated heterocycles. The second-order valence-corrected chi connectivity index (χ2v) is 8.01. The van der Waals surface area contributed by atoms with Crippen LogP contribution < -0.4 is 0 Å². The van der Waals surface area contributed by atoms with Crippen molar-refractivity contribution >= 4 is 10.8 Å². The Bertz CT molecular complexity index is 1360. The molecule has 6 rings (SSSR count). The average Bonchev–Trinajstić information content (AvgIpc) is 3.38. The highest BCUT2D eigenvalue weighted by Gasteiger charge is 2.57. The van der Waals surface area contributed by atoms with Crippen LogP contribution in [0.15, 0.2) is 97.1 Å². The van der Waals surface area contributed by atoms with Crippen LogP contribution in [0, 0.1) is 22.7 Å². The van der Waals surface area contributed by atoms with E-state index in [9.17, 15) is 10.5 Å². The molecule has 0 N–H and O–H groups in total. The summed E-state index contributed by atoms with van der Waals surface area (Å²) in [5, 5.41) is 20.8. The van der Waals surface area contributed by atoms with E-state index >= 15 is 0 Å². The van der Waals surface area contributed by atoms with E-state index in [2.05, 4.69) is 60.7 Å². The van der Waals surface area contributed by atoms with Gasteiger partial charge in [0.15, 0.2) is 0 Å². The van der Waals surface area contributed by atoms with Crippen molar-refractivity contribution in [2.45, 2.75) is 11.2 Å². The van der Waals surface area contributed by atoms with Crippen LogP contribution in [0.25, 0.3) is 10.8 Å². The number of ether oxygens (including phenoxy) is 1. The zero-order valence-corrected chi connectivity index (χ0v) is 16.5. The number of hydrogen-bond donors (Lipinski definition) is 0. The minimum Gasteiger partial charge on any atom is -0.341 e. The first-order chi connectivity index (χ1) is 15.2. The van der Waals surface area contributed by atoms with Crippen LogP contribution in [0.5, 0.6) is 0 Å². The predicted octanol–water partition coefficient (Wildman–Crippen LogP) is 5.67. The minimum absolute atomic E-state index is 0.390. The van der Waals surface area contributed by atoms with E-state index < -0.39 is 11.2 Å². The summed E-state index contributed by atoms with van der Waals surface area (Å²) in [4.78, 5) is 0. The molecule has 4 aromatic rings. The molecular formula is C28H16N2O. The smallest absolute Gasteiger partial charge is 0.139 e. The molecular weight excluding hydrogens is 380 g/mol. The van der Waals surface area contributed by atoms with Gasteiger partial charge in [-0.15, -0.1) is 0 Å². The monoisotopic (exact) mass is 396 g/mol. The van der Waals surface area contributed by atoms with Crippen molar-refractivity contribution in [3.63, 3.8) is 0 Å². The Morgan fingerprint density at radius 3 is 1.39 bits per heavy atom. The molecule has 0 fully saturated rings. The summed E-state index contributed by atoms with van der Waals surface area (Å²) < 4.78 is 6.93. The maximum absolute atomic E-state index is 9.49. The highest BCUT2D eigenvalue weighted by atomic mass is 16.5. The average molecular weight is 396 g/mol. The topological polar surface area (TPSA) is 56.8 Å². The lowest BCUT2D eigenvalue weighted by Crippen LogP contribution is -2.25. The van der Waals surface area contributed by atoms with Crippen molar-refractivity contribution in [2.75, 3.05) is 0 Å². The van der Waals surface area contributed by atoms with Gasteiger partial charge in [-0.1, -0.05) is 60.7 Å². The van der Waals surface area contributed by atoms with Gasteiger partial charge in [0.25, 0.3) is 0 Å². The van der Waals surface area contributed by atoms with E-state index in [1.54, 1.807) is 12.1 Å². The van der Waals surface area contributed by atoms with E-state index in [0.29, 0.717) is 11.1 Å². The van der Waals surface area contributed by atoms with Gasteiger partial charge in [0.1, 0.15) is 23.3 Å². The van der Waals surface area contributed by atoms with Crippen molar-refractivity contribution in [2.24, 2.45) is 0 Å². The Balaban J connectivity index is 1.70. The number of fused-ring (bicyclic) bond motifs is 6. The van der Waals surface area contributed by atoms with Gasteiger partial charge < -0.3 is 4.74 Å². The van der Waals surface area contributed by atoms with Crippen LogP contribution in [0.4, 0.5) is 0 Å². The number of nitriles is 2. The SMILES string of the molecule is N#Cc1cc2cc3c(cc2cc1C#N)C1(c2ccccc2)C=CC3(c2ccccc2)O1. The summed E-state index contributed by atoms with van der Waals surface area (Å²) in [6, 6.07) is 32.6. The molecule has 4 aromatic carbocycles. The van der Waals surface area contributed by atoms with Crippen molar-refractivity contribution in [1.29, 1.82) is 10.5 Å². The van der Waals surface area contributed by atoms with Crippen LogP contribution in [-0.4, -0.2) is 0 Å². The maximum Gasteiger partial charge on any atom is 0.139 e. The molecule has 3 nitrogen and oxygen atoms in total. The fraction of sp³-hybridized carbons (Fsp3) is 0.0714. The Morgan fingerprint density at radius 2 is 1.00 bits per heavy atom. The summed E-state index contributed by atoms with van der Waals surface area (Å²) in [5.74, 6) is 0. The molecule has 2 bridgehead atoms. The van der Waals surface area contributed by atoms with Crippen molar-refractivity contribution < 1.29 is 4.74 Å². The summed E-state index contributed by atoms with van der Waals surface area (Å²) in [7, 11) is 0. The molecule has 2 aliphatic heterocycles. The number of nitrogens with zero attached hydrogens (tertiary/aromatic N) is 2. The number of benzene rings is 4. The van der Waals surface area contributed by atoms with Crippen LogP contribution >= 0.6 is 0 Å². The maximum atomic E-state index is 9.49. The largest absolute Gasteiger partial charge is 0.341 e. The molecule has 2 heterocycles. The van der Waals surface area contributed by atoms with Crippen LogP contribution in [-0.2, 0) is 15.9 Å². The third-order valence-electron chi connectivity index (χ3n) is 6.43. The van der Waals surface area contributed by atoms with E-state index in [-0.39, 0.29) is 0 Å². The third kappa shape index (κ3) is 2.24. The lowest BCUT2D eigenvalue weighted by atomic mass is 9.75. The summed E-state index contributed by atoms with van der Waals surface area (Å²) in [5.41, 5.74) is 3.68. The Morgan fingerprint density at radius 1 is 0.581 bits per heavy atom. The van der Waals surface area contributed by atoms with E-state index in [1.807, 2.05) is 36.4 Å². The Labute approximate surface area is 180 Å². The summed E-state index contributed by atoms with van der Waals surface area (Å²) >= 11 is 0. The van der Waals surface area contributed by atoms with E-state index in [0.717, 1.165) is 33.0 Å². The first-order valence-corrected chi connectivity index (χ1v) is 10.1. The van der Waals surface area contributed by atoms with Crippen LogP contribution in [0.3, 0.4) is 0 Å². The molecule has 3 heteroatoms. The second kappa shape index (κ2) is 6.16. The van der Waals surface area contributed by atoms with E-state index in [4.69, 9.17) is 4.74 Å². The van der Waals surface area contributed by atoms with Crippen LogP contribution in [0.2, 0.25) is 0 Å². The third-order valence-corrected chi connectivity index (χ3v) is 6.43. The van der Waals surface area contributed by atoms with Crippen molar-refractivity contribution in [3.05, 3.63) is 130 Å². The number of hydrogen-bond acceptors (Lipinski definition) is 3. The van der Waals surface area contributed by atoms with Gasteiger partial charge in [-0.3, -0.25) is 0 Å². The van der Waals surface area contributed by atoms with Gasteiger partial charge in [0.2, 0.25) is 0 Å². The molecule has 0 spiro atoms. The number of rotatable bonds is 2. The van der Waals surface area contributed by atoms with Gasteiger partial charge in [-0.05, 0) is 69.4 Å². The molecule has 144 valence electrons. The van der Waals surface area contributed by atoms with Crippen molar-refractivity contribution in [3.8, 4) is 12.1 Å². The summed E-state index contributed by atoms with van der Waals surface area (Å²) in [6.45, 7) is 0. The van der Waals surface area contributed by atoms with Gasteiger partial charge in [0, 0.05) is 0 Å². The quantitative estimate of drug-likeness (QED) is 0.410. The normalized spacial score (nSPS) is 22.8. The molecule has 2 unspecified atom stereocenters. The first-order valence-electron chi connectivity index (χ1n) is 10.1. The van der Waals surface area contributed by atoms with Gasteiger partial charge in [-0.2, -0.15) is 10.5 Å². The molecule has 0 amide bonds. The Kier molecular flexibility index (Phi) is 3.51. The minimum atomic E-state index is -0.693. The molecule has 2 aliphatic rings. The van der Waals surface area contributed by atoms with Gasteiger partial charge in [-0.25, -0.2) is 0 Å². The highest BCUT2D eigenvalue weighted by molar-refractivity contribution is 5.89. The molecule has 31 heavy (non-hydrogen) atoms. The fourth-order valence-corrected chi connectivity index (χ4v) is 4.99. The fourth-order valence-electron chi connectivity index (χ4n) is 4.99. The lowest BCUT2D eigenvalue weighted by molar-refractivity contribution is -0.0237. The standard InChI is InChI=1S/C28H16N2O/c29-17-21-13-19-15-25-26(16-20(19)14-22(21)18-30)28(24-9-5-2-6-10-24)12-11-27(25,31-28)23-7-3-1-4-8-23/h1-16H. The highest BCUT2D eigenvalue weighted by Crippen LogP contribution is 2.60. The molecule has 0 aliphatic carbocycles. The first kappa shape index (κ1) is 17.7. The molecule has 0 aromatic heterocycles. The molecule has 0 radical (unpaired) electrons. The van der Waals surface area contributed by atoms with Gasteiger partial charge >= 0.3 is 0 Å². The zero-order chi connectivity index (χ0) is 21.1. The molecule has 0 saturated carbocycles. The van der Waals surface area contributed by atoms with Gasteiger partial charge in [0.05, 0.1) is 11.1 Å². The zero-order valence-electron chi connectivity index (χ0n) is 16.5. The second-order valence-electron chi connectivity index (χ2n) is 8.01.